The number of nitrogens with one attached hydrogen (secondary N) is 1. The summed E-state index contributed by atoms with van der Waals surface area (Å²) < 4.78 is 5.39. The van der Waals surface area contributed by atoms with Crippen LogP contribution in [0.1, 0.15) is 24.3 Å². The minimum Gasteiger partial charge on any atom is -0.376 e. The lowest BCUT2D eigenvalue weighted by molar-refractivity contribution is -0.121. The molecule has 0 aromatic heterocycles. The number of amides is 1. The van der Waals surface area contributed by atoms with E-state index in [0.29, 0.717) is 6.61 Å². The Morgan fingerprint density at radius 3 is 2.76 bits per heavy atom. The first-order valence-electron chi connectivity index (χ1n) is 5.79. The normalized spacial score (nSPS) is 25.5. The van der Waals surface area contributed by atoms with Crippen LogP contribution in [0.3, 0.4) is 0 Å². The Bertz CT molecular complexity index is 382. The van der Waals surface area contributed by atoms with Crippen LogP contribution < -0.4 is 5.32 Å². The van der Waals surface area contributed by atoms with Crippen molar-refractivity contribution in [2.45, 2.75) is 30.9 Å². The van der Waals surface area contributed by atoms with Crippen LogP contribution in [0.25, 0.3) is 0 Å². The van der Waals surface area contributed by atoms with E-state index in [1.54, 1.807) is 0 Å². The maximum absolute atomic E-state index is 11.9. The molecule has 1 aliphatic rings. The third-order valence-corrected chi connectivity index (χ3v) is 3.48. The van der Waals surface area contributed by atoms with E-state index < -0.39 is 5.38 Å². The van der Waals surface area contributed by atoms with Gasteiger partial charge in [0.1, 0.15) is 5.38 Å². The lowest BCUT2D eigenvalue weighted by Gasteiger charge is -2.18. The molecule has 1 aliphatic heterocycles. The first kappa shape index (κ1) is 12.4. The maximum atomic E-state index is 11.9. The van der Waals surface area contributed by atoms with Crippen molar-refractivity contribution in [3.8, 4) is 0 Å². The summed E-state index contributed by atoms with van der Waals surface area (Å²) in [7, 11) is 0. The first-order valence-corrected chi connectivity index (χ1v) is 6.23. The number of alkyl halides is 1. The average molecular weight is 254 g/mol. The van der Waals surface area contributed by atoms with Crippen molar-refractivity contribution in [2.75, 3.05) is 6.61 Å². The lowest BCUT2D eigenvalue weighted by atomic mass is 10.1. The van der Waals surface area contributed by atoms with Gasteiger partial charge in [-0.1, -0.05) is 30.3 Å². The fourth-order valence-corrected chi connectivity index (χ4v) is 2.16. The van der Waals surface area contributed by atoms with Gasteiger partial charge in [-0.15, -0.1) is 11.6 Å². The molecular formula is C13H16ClNO2. The number of carbonyl (C=O) groups is 1. The molecule has 3 atom stereocenters. The van der Waals surface area contributed by atoms with Gasteiger partial charge in [-0.3, -0.25) is 4.79 Å². The molecule has 0 radical (unpaired) electrons. The van der Waals surface area contributed by atoms with Gasteiger partial charge in [-0.2, -0.15) is 0 Å². The number of benzene rings is 1. The van der Waals surface area contributed by atoms with Gasteiger partial charge < -0.3 is 10.1 Å². The van der Waals surface area contributed by atoms with E-state index in [4.69, 9.17) is 16.3 Å². The largest absolute Gasteiger partial charge is 0.376 e. The van der Waals surface area contributed by atoms with Crippen molar-refractivity contribution >= 4 is 17.5 Å². The predicted octanol–water partition coefficient (Wildman–Crippen LogP) is 2.26. The van der Waals surface area contributed by atoms with Gasteiger partial charge in [0.15, 0.2) is 0 Å². The second kappa shape index (κ2) is 5.52. The van der Waals surface area contributed by atoms with Gasteiger partial charge in [0.05, 0.1) is 12.1 Å². The average Bonchev–Trinajstić information content (AvgIpc) is 2.75. The Kier molecular flexibility index (Phi) is 4.02. The molecule has 4 heteroatoms. The van der Waals surface area contributed by atoms with Crippen molar-refractivity contribution in [3.05, 3.63) is 35.9 Å². The van der Waals surface area contributed by atoms with Gasteiger partial charge in [0.2, 0.25) is 5.91 Å². The highest BCUT2D eigenvalue weighted by Crippen LogP contribution is 2.21. The van der Waals surface area contributed by atoms with Crippen LogP contribution in [0.2, 0.25) is 0 Å². The Morgan fingerprint density at radius 1 is 1.47 bits per heavy atom. The standard InChI is InChI=1S/C13H16ClNO2/c1-9-11(7-8-17-9)15-13(16)12(14)10-5-3-2-4-6-10/h2-6,9,11-12H,7-8H2,1H3,(H,15,16). The van der Waals surface area contributed by atoms with Crippen molar-refractivity contribution in [1.29, 1.82) is 0 Å². The van der Waals surface area contributed by atoms with Crippen LogP contribution in [0, 0.1) is 0 Å². The van der Waals surface area contributed by atoms with Crippen LogP contribution in [0.5, 0.6) is 0 Å². The molecule has 0 aliphatic carbocycles. The summed E-state index contributed by atoms with van der Waals surface area (Å²) in [6, 6.07) is 9.43. The molecule has 1 N–H and O–H groups in total. The van der Waals surface area contributed by atoms with Gasteiger partial charge in [0, 0.05) is 6.61 Å². The van der Waals surface area contributed by atoms with Gasteiger partial charge in [-0.05, 0) is 18.9 Å². The first-order chi connectivity index (χ1) is 8.18. The zero-order valence-electron chi connectivity index (χ0n) is 9.73. The van der Waals surface area contributed by atoms with Crippen LogP contribution in [-0.4, -0.2) is 24.7 Å². The lowest BCUT2D eigenvalue weighted by Crippen LogP contribution is -2.40. The summed E-state index contributed by atoms with van der Waals surface area (Å²) in [6.07, 6.45) is 0.921. The van der Waals surface area contributed by atoms with E-state index in [0.717, 1.165) is 12.0 Å². The number of ether oxygens (including phenoxy) is 1. The highest BCUT2D eigenvalue weighted by Gasteiger charge is 2.28. The Labute approximate surface area is 106 Å². The topological polar surface area (TPSA) is 38.3 Å². The molecule has 0 saturated carbocycles. The number of hydrogen-bond acceptors (Lipinski definition) is 2. The van der Waals surface area contributed by atoms with E-state index in [1.807, 2.05) is 37.3 Å². The zero-order chi connectivity index (χ0) is 12.3. The van der Waals surface area contributed by atoms with Gasteiger partial charge in [0.25, 0.3) is 0 Å². The fourth-order valence-electron chi connectivity index (χ4n) is 1.95. The van der Waals surface area contributed by atoms with E-state index in [2.05, 4.69) is 5.32 Å². The Balaban J connectivity index is 1.96. The minimum absolute atomic E-state index is 0.0681. The van der Waals surface area contributed by atoms with Gasteiger partial charge >= 0.3 is 0 Å². The maximum Gasteiger partial charge on any atom is 0.242 e. The third kappa shape index (κ3) is 2.99. The molecule has 0 bridgehead atoms. The second-order valence-electron chi connectivity index (χ2n) is 4.25. The molecule has 1 aromatic rings. The molecule has 92 valence electrons. The Morgan fingerprint density at radius 2 is 2.18 bits per heavy atom. The monoisotopic (exact) mass is 253 g/mol. The number of rotatable bonds is 3. The smallest absolute Gasteiger partial charge is 0.242 e. The van der Waals surface area contributed by atoms with Crippen LogP contribution in [0.4, 0.5) is 0 Å². The van der Waals surface area contributed by atoms with E-state index in [-0.39, 0.29) is 18.1 Å². The molecule has 1 fully saturated rings. The molecule has 1 aromatic carbocycles. The summed E-state index contributed by atoms with van der Waals surface area (Å²) in [4.78, 5) is 11.9. The molecule has 3 nitrogen and oxygen atoms in total. The van der Waals surface area contributed by atoms with E-state index in [9.17, 15) is 4.79 Å². The number of carbonyl (C=O) groups excluding carboxylic acids is 1. The third-order valence-electron chi connectivity index (χ3n) is 3.03. The Hall–Kier alpha value is -1.06. The van der Waals surface area contributed by atoms with Crippen LogP contribution in [0.15, 0.2) is 30.3 Å². The summed E-state index contributed by atoms with van der Waals surface area (Å²) in [5, 5.41) is 2.30. The molecule has 2 rings (SSSR count). The summed E-state index contributed by atoms with van der Waals surface area (Å²) >= 11 is 6.13. The number of hydrogen-bond donors (Lipinski definition) is 1. The molecular weight excluding hydrogens is 238 g/mol. The predicted molar refractivity (Wildman–Crippen MR) is 67.0 cm³/mol. The van der Waals surface area contributed by atoms with Gasteiger partial charge in [-0.25, -0.2) is 0 Å². The van der Waals surface area contributed by atoms with Crippen LogP contribution >= 0.6 is 11.6 Å². The SMILES string of the molecule is CC1OCCC1NC(=O)C(Cl)c1ccccc1. The molecule has 1 amide bonds. The van der Waals surface area contributed by atoms with Crippen LogP contribution in [-0.2, 0) is 9.53 Å². The molecule has 1 saturated heterocycles. The van der Waals surface area contributed by atoms with Crippen molar-refractivity contribution in [2.24, 2.45) is 0 Å². The molecule has 0 spiro atoms. The minimum atomic E-state index is -0.635. The van der Waals surface area contributed by atoms with Crippen molar-refractivity contribution < 1.29 is 9.53 Å². The second-order valence-corrected chi connectivity index (χ2v) is 4.69. The summed E-state index contributed by atoms with van der Waals surface area (Å²) in [5.41, 5.74) is 0.818. The quantitative estimate of drug-likeness (QED) is 0.840. The number of halogens is 1. The van der Waals surface area contributed by atoms with Crippen molar-refractivity contribution in [3.63, 3.8) is 0 Å². The molecule has 17 heavy (non-hydrogen) atoms. The highest BCUT2D eigenvalue weighted by atomic mass is 35.5. The summed E-state index contributed by atoms with van der Waals surface area (Å²) in [5.74, 6) is -0.153. The summed E-state index contributed by atoms with van der Waals surface area (Å²) in [6.45, 7) is 2.66. The fraction of sp³-hybridized carbons (Fsp3) is 0.462. The molecule has 1 heterocycles. The van der Waals surface area contributed by atoms with E-state index >= 15 is 0 Å². The van der Waals surface area contributed by atoms with Crippen molar-refractivity contribution in [1.82, 2.24) is 5.32 Å². The van der Waals surface area contributed by atoms with E-state index in [1.165, 1.54) is 0 Å². The zero-order valence-corrected chi connectivity index (χ0v) is 10.5. The molecule has 3 unspecified atom stereocenters. The highest BCUT2D eigenvalue weighted by molar-refractivity contribution is 6.30.